The molecule has 7 heteroatoms. The van der Waals surface area contributed by atoms with Gasteiger partial charge >= 0.3 is 0 Å². The second-order valence-corrected chi connectivity index (χ2v) is 4.24. The summed E-state index contributed by atoms with van der Waals surface area (Å²) in [6, 6.07) is 6.52. The Balaban J connectivity index is 2.28. The average molecular weight is 284 g/mol. The summed E-state index contributed by atoms with van der Waals surface area (Å²) in [5.74, 6) is 0. The molecule has 0 aliphatic carbocycles. The fourth-order valence-corrected chi connectivity index (χ4v) is 1.63. The van der Waals surface area contributed by atoms with E-state index < -0.39 is 11.0 Å². The summed E-state index contributed by atoms with van der Waals surface area (Å²) in [6.07, 6.45) is -0.658. The number of nitrogens with one attached hydrogen (secondary N) is 1. The fraction of sp³-hybridized carbons (Fsp3) is 0.538. The summed E-state index contributed by atoms with van der Waals surface area (Å²) in [4.78, 5) is 10.4. The summed E-state index contributed by atoms with van der Waals surface area (Å²) < 4.78 is 9.99. The maximum Gasteiger partial charge on any atom is 0.273 e. The van der Waals surface area contributed by atoms with Crippen LogP contribution in [-0.2, 0) is 16.0 Å². The highest BCUT2D eigenvalue weighted by molar-refractivity contribution is 5.39. The predicted molar refractivity (Wildman–Crippen MR) is 73.5 cm³/mol. The van der Waals surface area contributed by atoms with Crippen molar-refractivity contribution in [2.24, 2.45) is 0 Å². The Morgan fingerprint density at radius 2 is 2.15 bits per heavy atom. The van der Waals surface area contributed by atoms with Crippen molar-refractivity contribution in [3.05, 3.63) is 39.9 Å². The van der Waals surface area contributed by atoms with Crippen LogP contribution in [0.2, 0.25) is 0 Å². The molecule has 1 aromatic carbocycles. The molecule has 112 valence electrons. The maximum absolute atomic E-state index is 10.8. The van der Waals surface area contributed by atoms with E-state index in [1.54, 1.807) is 25.3 Å². The molecule has 0 amide bonds. The van der Waals surface area contributed by atoms with Crippen LogP contribution < -0.4 is 5.32 Å². The second-order valence-electron chi connectivity index (χ2n) is 4.24. The molecule has 0 saturated carbocycles. The van der Waals surface area contributed by atoms with Gasteiger partial charge in [-0.3, -0.25) is 10.1 Å². The molecule has 1 atom stereocenters. The summed E-state index contributed by atoms with van der Waals surface area (Å²) in [5.41, 5.74) is 0.663. The summed E-state index contributed by atoms with van der Waals surface area (Å²) >= 11 is 0. The van der Waals surface area contributed by atoms with Gasteiger partial charge in [0.05, 0.1) is 30.8 Å². The first-order valence-electron chi connectivity index (χ1n) is 6.33. The molecule has 0 bridgehead atoms. The van der Waals surface area contributed by atoms with Gasteiger partial charge in [-0.2, -0.15) is 0 Å². The second kappa shape index (κ2) is 9.38. The zero-order chi connectivity index (χ0) is 14.8. The normalized spacial score (nSPS) is 12.3. The van der Waals surface area contributed by atoms with Crippen LogP contribution >= 0.6 is 0 Å². The predicted octanol–water partition coefficient (Wildman–Crippen LogP) is 0.708. The molecule has 0 aliphatic rings. The number of aliphatic hydroxyl groups is 1. The lowest BCUT2D eigenvalue weighted by atomic mass is 10.2. The van der Waals surface area contributed by atoms with Crippen LogP contribution in [0.15, 0.2) is 24.3 Å². The van der Waals surface area contributed by atoms with Crippen molar-refractivity contribution in [1.29, 1.82) is 0 Å². The fourth-order valence-electron chi connectivity index (χ4n) is 1.63. The maximum atomic E-state index is 10.8. The first-order chi connectivity index (χ1) is 9.65. The number of aliphatic hydroxyl groups excluding tert-OH is 1. The molecule has 0 spiro atoms. The highest BCUT2D eigenvalue weighted by Crippen LogP contribution is 2.16. The number of hydrogen-bond donors (Lipinski definition) is 2. The number of rotatable bonds is 10. The van der Waals surface area contributed by atoms with Crippen molar-refractivity contribution >= 4 is 5.69 Å². The van der Waals surface area contributed by atoms with Crippen molar-refractivity contribution < 1.29 is 19.5 Å². The van der Waals surface area contributed by atoms with Gasteiger partial charge in [-0.1, -0.05) is 18.2 Å². The first kappa shape index (κ1) is 16.5. The summed E-state index contributed by atoms with van der Waals surface area (Å²) in [5, 5.41) is 23.4. The zero-order valence-electron chi connectivity index (χ0n) is 11.4. The van der Waals surface area contributed by atoms with E-state index in [0.717, 1.165) is 0 Å². The quantitative estimate of drug-likeness (QED) is 0.373. The van der Waals surface area contributed by atoms with Crippen LogP contribution in [0.3, 0.4) is 0 Å². The smallest absolute Gasteiger partial charge is 0.273 e. The van der Waals surface area contributed by atoms with E-state index in [4.69, 9.17) is 9.47 Å². The number of benzene rings is 1. The Labute approximate surface area is 117 Å². The van der Waals surface area contributed by atoms with Gasteiger partial charge in [-0.15, -0.1) is 0 Å². The number of nitro benzene ring substituents is 1. The van der Waals surface area contributed by atoms with E-state index in [1.165, 1.54) is 6.07 Å². The van der Waals surface area contributed by atoms with Gasteiger partial charge in [0.15, 0.2) is 0 Å². The van der Waals surface area contributed by atoms with E-state index in [-0.39, 0.29) is 12.3 Å². The van der Waals surface area contributed by atoms with Crippen LogP contribution in [0.1, 0.15) is 5.56 Å². The lowest BCUT2D eigenvalue weighted by molar-refractivity contribution is -0.385. The number of nitrogens with zero attached hydrogens (tertiary/aromatic N) is 1. The third-order valence-electron chi connectivity index (χ3n) is 2.63. The Morgan fingerprint density at radius 3 is 2.85 bits per heavy atom. The Bertz CT molecular complexity index is 414. The molecule has 1 aromatic rings. The van der Waals surface area contributed by atoms with E-state index in [9.17, 15) is 15.2 Å². The minimum atomic E-state index is -0.658. The highest BCUT2D eigenvalue weighted by Gasteiger charge is 2.12. The molecule has 1 unspecified atom stereocenters. The van der Waals surface area contributed by atoms with Crippen molar-refractivity contribution in [2.75, 3.05) is 33.5 Å². The SMILES string of the molecule is COCCOCC(O)CNCc1ccccc1[N+](=O)[O-]. The molecule has 0 fully saturated rings. The minimum absolute atomic E-state index is 0.0748. The zero-order valence-corrected chi connectivity index (χ0v) is 11.4. The molecule has 0 saturated heterocycles. The summed E-state index contributed by atoms with van der Waals surface area (Å²) in [7, 11) is 1.58. The molecule has 1 rings (SSSR count). The van der Waals surface area contributed by atoms with Crippen LogP contribution in [0, 0.1) is 10.1 Å². The largest absolute Gasteiger partial charge is 0.389 e. The molecular weight excluding hydrogens is 264 g/mol. The third kappa shape index (κ3) is 6.07. The van der Waals surface area contributed by atoms with Gasteiger partial charge < -0.3 is 19.9 Å². The molecule has 0 radical (unpaired) electrons. The first-order valence-corrected chi connectivity index (χ1v) is 6.33. The molecule has 0 heterocycles. The molecule has 0 aromatic heterocycles. The topological polar surface area (TPSA) is 93.9 Å². The van der Waals surface area contributed by atoms with Crippen LogP contribution in [0.25, 0.3) is 0 Å². The van der Waals surface area contributed by atoms with Gasteiger partial charge in [-0.25, -0.2) is 0 Å². The standard InChI is InChI=1S/C13H20N2O5/c1-19-6-7-20-10-12(16)9-14-8-11-4-2-3-5-13(11)15(17)18/h2-5,12,14,16H,6-10H2,1H3. The van der Waals surface area contributed by atoms with Gasteiger partial charge in [0, 0.05) is 31.8 Å². The van der Waals surface area contributed by atoms with Crippen LogP contribution in [0.5, 0.6) is 0 Å². The van der Waals surface area contributed by atoms with Crippen LogP contribution in [0.4, 0.5) is 5.69 Å². The minimum Gasteiger partial charge on any atom is -0.389 e. The van der Waals surface area contributed by atoms with Gasteiger partial charge in [0.25, 0.3) is 5.69 Å². The highest BCUT2D eigenvalue weighted by atomic mass is 16.6. The molecule has 20 heavy (non-hydrogen) atoms. The molecular formula is C13H20N2O5. The number of ether oxygens (including phenoxy) is 2. The van der Waals surface area contributed by atoms with E-state index in [0.29, 0.717) is 31.9 Å². The van der Waals surface area contributed by atoms with Gasteiger partial charge in [0.2, 0.25) is 0 Å². The number of methoxy groups -OCH3 is 1. The Hall–Kier alpha value is -1.54. The lowest BCUT2D eigenvalue weighted by Gasteiger charge is -2.12. The van der Waals surface area contributed by atoms with E-state index in [1.807, 2.05) is 0 Å². The van der Waals surface area contributed by atoms with Crippen molar-refractivity contribution in [3.63, 3.8) is 0 Å². The van der Waals surface area contributed by atoms with Crippen molar-refractivity contribution in [3.8, 4) is 0 Å². The number of hydrogen-bond acceptors (Lipinski definition) is 6. The van der Waals surface area contributed by atoms with Crippen molar-refractivity contribution in [2.45, 2.75) is 12.6 Å². The third-order valence-corrected chi connectivity index (χ3v) is 2.63. The van der Waals surface area contributed by atoms with E-state index >= 15 is 0 Å². The Kier molecular flexibility index (Phi) is 7.74. The summed E-state index contributed by atoms with van der Waals surface area (Å²) in [6.45, 7) is 1.74. The van der Waals surface area contributed by atoms with Gasteiger partial charge in [-0.05, 0) is 0 Å². The van der Waals surface area contributed by atoms with Gasteiger partial charge in [0.1, 0.15) is 0 Å². The van der Waals surface area contributed by atoms with Crippen molar-refractivity contribution in [1.82, 2.24) is 5.32 Å². The van der Waals surface area contributed by atoms with Crippen LogP contribution in [-0.4, -0.2) is 49.6 Å². The molecule has 0 aliphatic heterocycles. The lowest BCUT2D eigenvalue weighted by Crippen LogP contribution is -2.30. The monoisotopic (exact) mass is 284 g/mol. The molecule has 2 N–H and O–H groups in total. The average Bonchev–Trinajstić information content (AvgIpc) is 2.44. The Morgan fingerprint density at radius 1 is 1.40 bits per heavy atom. The number of nitro groups is 1. The number of para-hydroxylation sites is 1. The van der Waals surface area contributed by atoms with E-state index in [2.05, 4.69) is 5.32 Å². The molecule has 7 nitrogen and oxygen atoms in total.